The molecule has 0 atom stereocenters. The molecule has 0 spiro atoms. The Kier molecular flexibility index (Phi) is 3.92. The van der Waals surface area contributed by atoms with Gasteiger partial charge in [-0.15, -0.1) is 0 Å². The van der Waals surface area contributed by atoms with Crippen LogP contribution in [0.2, 0.25) is 5.15 Å². The molecule has 2 aromatic rings. The van der Waals surface area contributed by atoms with E-state index in [0.29, 0.717) is 23.4 Å². The normalized spacial score (nSPS) is 14.0. The molecule has 1 saturated carbocycles. The Morgan fingerprint density at radius 3 is 2.81 bits per heavy atom. The van der Waals surface area contributed by atoms with Gasteiger partial charge in [-0.3, -0.25) is 0 Å². The minimum Gasteiger partial charge on any atom is -0.494 e. The number of halogens is 2. The van der Waals surface area contributed by atoms with E-state index in [9.17, 15) is 4.39 Å². The van der Waals surface area contributed by atoms with Gasteiger partial charge in [0.1, 0.15) is 16.8 Å². The maximum atomic E-state index is 13.6. The number of aromatic nitrogens is 2. The lowest BCUT2D eigenvalue weighted by Gasteiger charge is -2.09. The average molecular weight is 308 g/mol. The summed E-state index contributed by atoms with van der Waals surface area (Å²) in [6.07, 6.45) is 2.23. The summed E-state index contributed by atoms with van der Waals surface area (Å²) in [6.45, 7) is 0.457. The number of ether oxygens (including phenoxy) is 1. The first kappa shape index (κ1) is 14.1. The molecule has 1 aliphatic carbocycles. The van der Waals surface area contributed by atoms with Crippen molar-refractivity contribution in [3.05, 3.63) is 46.6 Å². The standard InChI is InChI=1S/C15H15ClFN3O/c1-21-12-5-2-9(6-11(12)17)8-18-14-7-13(16)19-15(20-14)10-3-4-10/h2,5-7,10H,3-4,8H2,1H3,(H,18,19,20). The Bertz CT molecular complexity index is 661. The van der Waals surface area contributed by atoms with Crippen molar-refractivity contribution in [2.75, 3.05) is 12.4 Å². The summed E-state index contributed by atoms with van der Waals surface area (Å²) >= 11 is 6.00. The zero-order valence-electron chi connectivity index (χ0n) is 11.6. The third kappa shape index (κ3) is 3.42. The Labute approximate surface area is 127 Å². The van der Waals surface area contributed by atoms with Crippen molar-refractivity contribution in [3.63, 3.8) is 0 Å². The monoisotopic (exact) mass is 307 g/mol. The molecule has 0 amide bonds. The van der Waals surface area contributed by atoms with Gasteiger partial charge in [0.15, 0.2) is 11.6 Å². The number of nitrogens with zero attached hydrogens (tertiary/aromatic N) is 2. The van der Waals surface area contributed by atoms with E-state index in [-0.39, 0.29) is 11.6 Å². The number of rotatable bonds is 5. The molecule has 1 aliphatic rings. The molecule has 21 heavy (non-hydrogen) atoms. The lowest BCUT2D eigenvalue weighted by Crippen LogP contribution is -2.04. The zero-order valence-corrected chi connectivity index (χ0v) is 12.3. The van der Waals surface area contributed by atoms with Crippen molar-refractivity contribution in [3.8, 4) is 5.75 Å². The van der Waals surface area contributed by atoms with Gasteiger partial charge in [-0.1, -0.05) is 17.7 Å². The summed E-state index contributed by atoms with van der Waals surface area (Å²) < 4.78 is 18.5. The highest BCUT2D eigenvalue weighted by atomic mass is 35.5. The van der Waals surface area contributed by atoms with Crippen LogP contribution in [0, 0.1) is 5.82 Å². The fraction of sp³-hybridized carbons (Fsp3) is 0.333. The minimum absolute atomic E-state index is 0.236. The summed E-state index contributed by atoms with van der Waals surface area (Å²) in [4.78, 5) is 8.67. The third-order valence-corrected chi connectivity index (χ3v) is 3.54. The molecule has 0 radical (unpaired) electrons. The summed E-state index contributed by atoms with van der Waals surface area (Å²) in [5.41, 5.74) is 0.802. The lowest BCUT2D eigenvalue weighted by molar-refractivity contribution is 0.386. The Morgan fingerprint density at radius 2 is 2.14 bits per heavy atom. The van der Waals surface area contributed by atoms with Crippen LogP contribution in [0.5, 0.6) is 5.75 Å². The maximum absolute atomic E-state index is 13.6. The summed E-state index contributed by atoms with van der Waals surface area (Å²) in [5, 5.41) is 3.57. The van der Waals surface area contributed by atoms with Crippen molar-refractivity contribution in [2.24, 2.45) is 0 Å². The Hall–Kier alpha value is -1.88. The van der Waals surface area contributed by atoms with E-state index in [2.05, 4.69) is 15.3 Å². The summed E-state index contributed by atoms with van der Waals surface area (Å²) in [6, 6.07) is 6.53. The SMILES string of the molecule is COc1ccc(CNc2cc(Cl)nc(C3CC3)n2)cc1F. The molecule has 6 heteroatoms. The van der Waals surface area contributed by atoms with Crippen LogP contribution in [0.25, 0.3) is 0 Å². The molecule has 1 fully saturated rings. The molecular formula is C15H15ClFN3O. The molecule has 0 unspecified atom stereocenters. The van der Waals surface area contributed by atoms with Gasteiger partial charge in [0.25, 0.3) is 0 Å². The molecule has 0 saturated heterocycles. The van der Waals surface area contributed by atoms with E-state index in [4.69, 9.17) is 16.3 Å². The number of hydrogen-bond acceptors (Lipinski definition) is 4. The molecule has 0 aliphatic heterocycles. The van der Waals surface area contributed by atoms with E-state index in [0.717, 1.165) is 24.2 Å². The van der Waals surface area contributed by atoms with Gasteiger partial charge < -0.3 is 10.1 Å². The molecule has 1 N–H and O–H groups in total. The fourth-order valence-electron chi connectivity index (χ4n) is 2.06. The molecule has 1 aromatic carbocycles. The van der Waals surface area contributed by atoms with Gasteiger partial charge in [0, 0.05) is 18.5 Å². The number of anilines is 1. The van der Waals surface area contributed by atoms with Gasteiger partial charge in [0.2, 0.25) is 0 Å². The smallest absolute Gasteiger partial charge is 0.165 e. The van der Waals surface area contributed by atoms with Crippen LogP contribution in [0.4, 0.5) is 10.2 Å². The van der Waals surface area contributed by atoms with Crippen molar-refractivity contribution in [1.82, 2.24) is 9.97 Å². The van der Waals surface area contributed by atoms with E-state index in [1.807, 2.05) is 0 Å². The first-order chi connectivity index (χ1) is 10.2. The Morgan fingerprint density at radius 1 is 1.33 bits per heavy atom. The van der Waals surface area contributed by atoms with Crippen LogP contribution in [-0.4, -0.2) is 17.1 Å². The van der Waals surface area contributed by atoms with Crippen LogP contribution in [0.3, 0.4) is 0 Å². The largest absolute Gasteiger partial charge is 0.494 e. The lowest BCUT2D eigenvalue weighted by atomic mass is 10.2. The van der Waals surface area contributed by atoms with Crippen LogP contribution < -0.4 is 10.1 Å². The summed E-state index contributed by atoms with van der Waals surface area (Å²) in [7, 11) is 1.44. The first-order valence-corrected chi connectivity index (χ1v) is 7.14. The van der Waals surface area contributed by atoms with Gasteiger partial charge in [-0.2, -0.15) is 0 Å². The second-order valence-corrected chi connectivity index (χ2v) is 5.42. The molecule has 110 valence electrons. The molecular weight excluding hydrogens is 293 g/mol. The van der Waals surface area contributed by atoms with Gasteiger partial charge >= 0.3 is 0 Å². The topological polar surface area (TPSA) is 47.0 Å². The van der Waals surface area contributed by atoms with Gasteiger partial charge in [-0.25, -0.2) is 14.4 Å². The van der Waals surface area contributed by atoms with Crippen LogP contribution in [0.15, 0.2) is 24.3 Å². The predicted molar refractivity (Wildman–Crippen MR) is 79.3 cm³/mol. The third-order valence-electron chi connectivity index (χ3n) is 3.34. The van der Waals surface area contributed by atoms with Gasteiger partial charge in [0.05, 0.1) is 7.11 Å². The fourth-order valence-corrected chi connectivity index (χ4v) is 2.25. The van der Waals surface area contributed by atoms with Crippen molar-refractivity contribution in [1.29, 1.82) is 0 Å². The van der Waals surface area contributed by atoms with E-state index < -0.39 is 0 Å². The summed E-state index contributed by atoms with van der Waals surface area (Å²) in [5.74, 6) is 1.73. The number of benzene rings is 1. The highest BCUT2D eigenvalue weighted by Crippen LogP contribution is 2.38. The Balaban J connectivity index is 1.71. The predicted octanol–water partition coefficient (Wildman–Crippen LogP) is 3.77. The number of nitrogens with one attached hydrogen (secondary N) is 1. The van der Waals surface area contributed by atoms with E-state index in [1.54, 1.807) is 18.2 Å². The molecule has 0 bridgehead atoms. The second kappa shape index (κ2) is 5.85. The second-order valence-electron chi connectivity index (χ2n) is 5.03. The molecule has 3 rings (SSSR count). The maximum Gasteiger partial charge on any atom is 0.165 e. The molecule has 4 nitrogen and oxygen atoms in total. The minimum atomic E-state index is -0.379. The van der Waals surface area contributed by atoms with Crippen LogP contribution >= 0.6 is 11.6 Å². The van der Waals surface area contributed by atoms with Crippen molar-refractivity contribution >= 4 is 17.4 Å². The van der Waals surface area contributed by atoms with Crippen LogP contribution in [-0.2, 0) is 6.54 Å². The highest BCUT2D eigenvalue weighted by molar-refractivity contribution is 6.29. The molecule has 1 heterocycles. The number of methoxy groups -OCH3 is 1. The van der Waals surface area contributed by atoms with Gasteiger partial charge in [-0.05, 0) is 30.5 Å². The first-order valence-electron chi connectivity index (χ1n) is 6.76. The van der Waals surface area contributed by atoms with E-state index in [1.165, 1.54) is 13.2 Å². The quantitative estimate of drug-likeness (QED) is 0.854. The van der Waals surface area contributed by atoms with Crippen molar-refractivity contribution < 1.29 is 9.13 Å². The zero-order chi connectivity index (χ0) is 14.8. The average Bonchev–Trinajstić information content (AvgIpc) is 3.29. The van der Waals surface area contributed by atoms with E-state index >= 15 is 0 Å². The van der Waals surface area contributed by atoms with Crippen LogP contribution in [0.1, 0.15) is 30.1 Å². The number of hydrogen-bond donors (Lipinski definition) is 1. The van der Waals surface area contributed by atoms with Crippen molar-refractivity contribution in [2.45, 2.75) is 25.3 Å². The highest BCUT2D eigenvalue weighted by Gasteiger charge is 2.27. The molecule has 1 aromatic heterocycles.